The molecule has 136 valence electrons. The minimum atomic E-state index is -0.873. The number of amides is 2. The Kier molecular flexibility index (Phi) is 3.55. The molecule has 1 saturated heterocycles. The zero-order chi connectivity index (χ0) is 18.6. The van der Waals surface area contributed by atoms with Crippen LogP contribution in [0.25, 0.3) is 11.0 Å². The maximum atomic E-state index is 13.5. The number of imidazole rings is 1. The number of aromatic amines is 1. The molecule has 7 heteroatoms. The number of benzene rings is 2. The van der Waals surface area contributed by atoms with Crippen molar-refractivity contribution < 1.29 is 9.59 Å². The van der Waals surface area contributed by atoms with Gasteiger partial charge in [-0.05, 0) is 30.7 Å². The summed E-state index contributed by atoms with van der Waals surface area (Å²) >= 11 is 1.49. The Balaban J connectivity index is 1.45. The van der Waals surface area contributed by atoms with Crippen LogP contribution in [0.1, 0.15) is 18.7 Å². The third kappa shape index (κ3) is 2.38. The van der Waals surface area contributed by atoms with E-state index in [9.17, 15) is 9.59 Å². The summed E-state index contributed by atoms with van der Waals surface area (Å²) in [5.74, 6) is 0.688. The number of nitrogens with one attached hydrogen (secondary N) is 1. The summed E-state index contributed by atoms with van der Waals surface area (Å²) in [5, 5.41) is 0. The van der Waals surface area contributed by atoms with Gasteiger partial charge in [-0.25, -0.2) is 4.98 Å². The zero-order valence-corrected chi connectivity index (χ0v) is 15.6. The van der Waals surface area contributed by atoms with Crippen LogP contribution in [0.5, 0.6) is 0 Å². The molecule has 5 rings (SSSR count). The van der Waals surface area contributed by atoms with E-state index in [0.717, 1.165) is 27.4 Å². The number of anilines is 1. The molecule has 1 N–H and O–H groups in total. The number of aromatic nitrogens is 2. The number of hydrogen-bond donors (Lipinski definition) is 1. The van der Waals surface area contributed by atoms with Crippen molar-refractivity contribution in [3.8, 4) is 0 Å². The van der Waals surface area contributed by atoms with Crippen molar-refractivity contribution >= 4 is 40.3 Å². The second-order valence-corrected chi connectivity index (χ2v) is 8.26. The van der Waals surface area contributed by atoms with E-state index in [0.29, 0.717) is 19.4 Å². The minimum Gasteiger partial charge on any atom is -0.340 e. The Labute approximate surface area is 160 Å². The fourth-order valence-corrected chi connectivity index (χ4v) is 5.47. The Morgan fingerprint density at radius 2 is 2.04 bits per heavy atom. The van der Waals surface area contributed by atoms with E-state index in [1.807, 2.05) is 48.5 Å². The van der Waals surface area contributed by atoms with Crippen LogP contribution in [-0.2, 0) is 16.1 Å². The number of carbonyl (C=O) groups is 2. The highest BCUT2D eigenvalue weighted by molar-refractivity contribution is 8.02. The molecule has 27 heavy (non-hydrogen) atoms. The van der Waals surface area contributed by atoms with Gasteiger partial charge in [0.1, 0.15) is 5.82 Å². The maximum absolute atomic E-state index is 13.5. The SMILES string of the molecule is CN(Cc1nc2ccccc2[nH]1)C(=O)C12CCC(=O)N1c1ccccc1S2. The van der Waals surface area contributed by atoms with Gasteiger partial charge in [0.15, 0.2) is 4.87 Å². The number of carbonyl (C=O) groups excluding carboxylic acids is 2. The number of para-hydroxylation sites is 3. The highest BCUT2D eigenvalue weighted by Crippen LogP contribution is 2.56. The third-order valence-corrected chi connectivity index (χ3v) is 6.64. The van der Waals surface area contributed by atoms with Crippen molar-refractivity contribution in [3.05, 3.63) is 54.4 Å². The molecule has 0 radical (unpaired) electrons. The van der Waals surface area contributed by atoms with Crippen LogP contribution >= 0.6 is 11.8 Å². The van der Waals surface area contributed by atoms with Gasteiger partial charge in [0.25, 0.3) is 5.91 Å². The molecule has 1 aromatic heterocycles. The van der Waals surface area contributed by atoms with Crippen molar-refractivity contribution in [1.82, 2.24) is 14.9 Å². The molecule has 0 saturated carbocycles. The van der Waals surface area contributed by atoms with E-state index in [4.69, 9.17) is 0 Å². The fourth-order valence-electron chi connectivity index (χ4n) is 3.96. The Bertz CT molecular complexity index is 1050. The molecule has 2 aliphatic rings. The van der Waals surface area contributed by atoms with Crippen LogP contribution in [-0.4, -0.2) is 38.6 Å². The first-order valence-corrected chi connectivity index (χ1v) is 9.70. The molecular formula is C20H18N4O2S. The average molecular weight is 378 g/mol. The Morgan fingerprint density at radius 3 is 2.89 bits per heavy atom. The molecule has 0 spiro atoms. The first kappa shape index (κ1) is 16.4. The number of thioether (sulfide) groups is 1. The van der Waals surface area contributed by atoms with Crippen molar-refractivity contribution in [2.45, 2.75) is 29.2 Å². The highest BCUT2D eigenvalue weighted by Gasteiger charge is 2.58. The number of rotatable bonds is 3. The molecule has 3 aromatic rings. The number of H-pyrrole nitrogens is 1. The smallest absolute Gasteiger partial charge is 0.259 e. The lowest BCUT2D eigenvalue weighted by molar-refractivity contribution is -0.133. The second kappa shape index (κ2) is 5.85. The topological polar surface area (TPSA) is 69.3 Å². The fraction of sp³-hybridized carbons (Fsp3) is 0.250. The van der Waals surface area contributed by atoms with Crippen LogP contribution in [0, 0.1) is 0 Å². The summed E-state index contributed by atoms with van der Waals surface area (Å²) in [7, 11) is 1.77. The first-order chi connectivity index (χ1) is 13.1. The number of likely N-dealkylation sites (N-methyl/N-ethyl adjacent to an activating group) is 1. The van der Waals surface area contributed by atoms with Gasteiger partial charge in [0.05, 0.1) is 23.3 Å². The monoisotopic (exact) mass is 378 g/mol. The van der Waals surface area contributed by atoms with Gasteiger partial charge < -0.3 is 9.88 Å². The second-order valence-electron chi connectivity index (χ2n) is 6.95. The molecule has 3 heterocycles. The van der Waals surface area contributed by atoms with Gasteiger partial charge in [0, 0.05) is 18.4 Å². The van der Waals surface area contributed by atoms with Crippen LogP contribution < -0.4 is 4.90 Å². The summed E-state index contributed by atoms with van der Waals surface area (Å²) in [5.41, 5.74) is 2.68. The van der Waals surface area contributed by atoms with Gasteiger partial charge >= 0.3 is 0 Å². The highest BCUT2D eigenvalue weighted by atomic mass is 32.2. The molecule has 0 aliphatic carbocycles. The Hall–Kier alpha value is -2.80. The quantitative estimate of drug-likeness (QED) is 0.760. The van der Waals surface area contributed by atoms with Crippen molar-refractivity contribution in [1.29, 1.82) is 0 Å². The van der Waals surface area contributed by atoms with E-state index < -0.39 is 4.87 Å². The van der Waals surface area contributed by atoms with Gasteiger partial charge in [-0.2, -0.15) is 0 Å². The molecule has 2 aromatic carbocycles. The summed E-state index contributed by atoms with van der Waals surface area (Å²) in [4.78, 5) is 37.3. The Morgan fingerprint density at radius 1 is 1.26 bits per heavy atom. The van der Waals surface area contributed by atoms with Crippen molar-refractivity contribution in [2.75, 3.05) is 11.9 Å². The maximum Gasteiger partial charge on any atom is 0.259 e. The normalized spacial score (nSPS) is 20.8. The van der Waals surface area contributed by atoms with Crippen molar-refractivity contribution in [2.24, 2.45) is 0 Å². The number of fused-ring (bicyclic) bond motifs is 4. The average Bonchev–Trinajstić information content (AvgIpc) is 3.32. The van der Waals surface area contributed by atoms with Crippen LogP contribution in [0.3, 0.4) is 0 Å². The summed E-state index contributed by atoms with van der Waals surface area (Å²) < 4.78 is 0. The predicted octanol–water partition coefficient (Wildman–Crippen LogP) is 3.15. The first-order valence-electron chi connectivity index (χ1n) is 8.89. The summed E-state index contributed by atoms with van der Waals surface area (Å²) in [6.07, 6.45) is 0.917. The number of nitrogens with zero attached hydrogens (tertiary/aromatic N) is 3. The lowest BCUT2D eigenvalue weighted by Crippen LogP contribution is -2.52. The van der Waals surface area contributed by atoms with E-state index in [2.05, 4.69) is 9.97 Å². The molecule has 1 unspecified atom stereocenters. The standard InChI is InChI=1S/C20H18N4O2S/c1-23(12-17-21-13-6-2-3-7-14(13)22-17)19(26)20-11-10-18(25)24(20)15-8-4-5-9-16(15)27-20/h2-9H,10-12H2,1H3,(H,21,22). The molecule has 2 aliphatic heterocycles. The third-order valence-electron chi connectivity index (χ3n) is 5.18. The summed E-state index contributed by atoms with van der Waals surface area (Å²) in [6, 6.07) is 15.5. The molecule has 0 bridgehead atoms. The molecule has 6 nitrogen and oxygen atoms in total. The minimum absolute atomic E-state index is 0.0120. The van der Waals surface area contributed by atoms with E-state index in [1.165, 1.54) is 11.8 Å². The predicted molar refractivity (Wildman–Crippen MR) is 104 cm³/mol. The molecule has 1 atom stereocenters. The van der Waals surface area contributed by atoms with E-state index in [1.54, 1.807) is 16.8 Å². The number of hydrogen-bond acceptors (Lipinski definition) is 4. The van der Waals surface area contributed by atoms with Crippen LogP contribution in [0.15, 0.2) is 53.4 Å². The largest absolute Gasteiger partial charge is 0.340 e. The molecule has 2 amide bonds. The van der Waals surface area contributed by atoms with Gasteiger partial charge in [-0.1, -0.05) is 36.0 Å². The van der Waals surface area contributed by atoms with Crippen LogP contribution in [0.2, 0.25) is 0 Å². The van der Waals surface area contributed by atoms with Gasteiger partial charge in [-0.15, -0.1) is 0 Å². The molecule has 1 fully saturated rings. The zero-order valence-electron chi connectivity index (χ0n) is 14.8. The lowest BCUT2D eigenvalue weighted by atomic mass is 10.1. The molecular weight excluding hydrogens is 360 g/mol. The van der Waals surface area contributed by atoms with Crippen LogP contribution in [0.4, 0.5) is 5.69 Å². The summed E-state index contributed by atoms with van der Waals surface area (Å²) in [6.45, 7) is 0.369. The lowest BCUT2D eigenvalue weighted by Gasteiger charge is -2.33. The van der Waals surface area contributed by atoms with Crippen molar-refractivity contribution in [3.63, 3.8) is 0 Å². The van der Waals surface area contributed by atoms with E-state index in [-0.39, 0.29) is 11.8 Å². The van der Waals surface area contributed by atoms with Gasteiger partial charge in [0.2, 0.25) is 5.91 Å². The van der Waals surface area contributed by atoms with Gasteiger partial charge in [-0.3, -0.25) is 14.5 Å². The van der Waals surface area contributed by atoms with E-state index >= 15 is 0 Å².